The zero-order chi connectivity index (χ0) is 13.6. The number of hydrogen-bond acceptors (Lipinski definition) is 4. The normalized spacial score (nSPS) is 29.6. The van der Waals surface area contributed by atoms with Crippen LogP contribution in [0, 0.1) is 0 Å². The highest BCUT2D eigenvalue weighted by Gasteiger charge is 2.43. The highest BCUT2D eigenvalue weighted by molar-refractivity contribution is 6.33. The Labute approximate surface area is 116 Å². The van der Waals surface area contributed by atoms with Gasteiger partial charge in [0, 0.05) is 18.3 Å². The standard InChI is InChI=1S/C13H16ClN3O2/c14-11-6-16-12(15)5-10(11)13(19)17-7-1-2-8(17)4-9(18)3-7/h5-9,18H,1-4H2,(H2,15,16). The van der Waals surface area contributed by atoms with Gasteiger partial charge in [-0.05, 0) is 31.7 Å². The number of rotatable bonds is 1. The molecule has 1 amide bonds. The molecule has 2 fully saturated rings. The molecule has 19 heavy (non-hydrogen) atoms. The molecule has 2 bridgehead atoms. The lowest BCUT2D eigenvalue weighted by molar-refractivity contribution is 0.0287. The topological polar surface area (TPSA) is 79.5 Å². The van der Waals surface area contributed by atoms with Crippen LogP contribution in [0.1, 0.15) is 36.0 Å². The van der Waals surface area contributed by atoms with Crippen molar-refractivity contribution in [1.82, 2.24) is 9.88 Å². The van der Waals surface area contributed by atoms with Crippen LogP contribution in [-0.2, 0) is 0 Å². The minimum absolute atomic E-state index is 0.0986. The van der Waals surface area contributed by atoms with Crippen molar-refractivity contribution in [3.05, 3.63) is 22.8 Å². The van der Waals surface area contributed by atoms with Crippen LogP contribution in [0.4, 0.5) is 5.82 Å². The Morgan fingerprint density at radius 3 is 2.68 bits per heavy atom. The summed E-state index contributed by atoms with van der Waals surface area (Å²) in [6, 6.07) is 1.76. The summed E-state index contributed by atoms with van der Waals surface area (Å²) in [6.07, 6.45) is 4.32. The van der Waals surface area contributed by atoms with Crippen LogP contribution in [0.15, 0.2) is 12.3 Å². The van der Waals surface area contributed by atoms with Crippen LogP contribution in [0.5, 0.6) is 0 Å². The van der Waals surface area contributed by atoms with E-state index < -0.39 is 0 Å². The minimum Gasteiger partial charge on any atom is -0.393 e. The van der Waals surface area contributed by atoms with Crippen molar-refractivity contribution >= 4 is 23.3 Å². The first-order valence-corrected chi connectivity index (χ1v) is 6.86. The third-order valence-corrected chi connectivity index (χ3v) is 4.35. The number of nitrogen functional groups attached to an aromatic ring is 1. The molecule has 0 aliphatic carbocycles. The Hall–Kier alpha value is -1.33. The van der Waals surface area contributed by atoms with Crippen LogP contribution in [0.3, 0.4) is 0 Å². The average molecular weight is 282 g/mol. The van der Waals surface area contributed by atoms with E-state index in [1.165, 1.54) is 12.3 Å². The second-order valence-electron chi connectivity index (χ2n) is 5.31. The number of anilines is 1. The van der Waals surface area contributed by atoms with E-state index in [0.717, 1.165) is 12.8 Å². The van der Waals surface area contributed by atoms with Crippen LogP contribution < -0.4 is 5.73 Å². The number of pyridine rings is 1. The fourth-order valence-corrected chi connectivity index (χ4v) is 3.42. The Bertz CT molecular complexity index is 509. The van der Waals surface area contributed by atoms with Gasteiger partial charge in [0.05, 0.1) is 16.7 Å². The smallest absolute Gasteiger partial charge is 0.256 e. The largest absolute Gasteiger partial charge is 0.393 e. The molecule has 3 rings (SSSR count). The van der Waals surface area contributed by atoms with E-state index in [9.17, 15) is 9.90 Å². The molecule has 1 aromatic heterocycles. The van der Waals surface area contributed by atoms with Crippen molar-refractivity contribution in [1.29, 1.82) is 0 Å². The maximum Gasteiger partial charge on any atom is 0.256 e. The number of nitrogens with zero attached hydrogens (tertiary/aromatic N) is 2. The number of aliphatic hydroxyl groups is 1. The van der Waals surface area contributed by atoms with E-state index in [4.69, 9.17) is 17.3 Å². The van der Waals surface area contributed by atoms with Crippen molar-refractivity contribution in [3.8, 4) is 0 Å². The third kappa shape index (κ3) is 2.17. The van der Waals surface area contributed by atoms with Crippen molar-refractivity contribution in [2.45, 2.75) is 43.9 Å². The molecule has 0 spiro atoms. The number of amides is 1. The summed E-state index contributed by atoms with van der Waals surface area (Å²) in [7, 11) is 0. The summed E-state index contributed by atoms with van der Waals surface area (Å²) < 4.78 is 0. The van der Waals surface area contributed by atoms with E-state index in [0.29, 0.717) is 23.4 Å². The molecule has 0 radical (unpaired) electrons. The number of carbonyl (C=O) groups excluding carboxylic acids is 1. The zero-order valence-electron chi connectivity index (χ0n) is 10.4. The first-order chi connectivity index (χ1) is 9.06. The fourth-order valence-electron chi connectivity index (χ4n) is 3.24. The zero-order valence-corrected chi connectivity index (χ0v) is 11.2. The summed E-state index contributed by atoms with van der Waals surface area (Å²) in [5.41, 5.74) is 6.03. The highest BCUT2D eigenvalue weighted by Crippen LogP contribution is 2.37. The number of hydrogen-bond donors (Lipinski definition) is 2. The fraction of sp³-hybridized carbons (Fsp3) is 0.538. The highest BCUT2D eigenvalue weighted by atomic mass is 35.5. The third-order valence-electron chi connectivity index (χ3n) is 4.05. The molecule has 2 saturated heterocycles. The molecule has 3 heterocycles. The molecule has 2 aliphatic heterocycles. The van der Waals surface area contributed by atoms with Gasteiger partial charge in [-0.15, -0.1) is 0 Å². The van der Waals surface area contributed by atoms with Gasteiger partial charge in [-0.3, -0.25) is 4.79 Å². The molecular weight excluding hydrogens is 266 g/mol. The van der Waals surface area contributed by atoms with Crippen molar-refractivity contribution < 1.29 is 9.90 Å². The van der Waals surface area contributed by atoms with Crippen molar-refractivity contribution in [2.75, 3.05) is 5.73 Å². The molecule has 2 aliphatic rings. The number of piperidine rings is 1. The van der Waals surface area contributed by atoms with Gasteiger partial charge < -0.3 is 15.7 Å². The second-order valence-corrected chi connectivity index (χ2v) is 5.72. The monoisotopic (exact) mass is 281 g/mol. The van der Waals surface area contributed by atoms with Gasteiger partial charge in [0.15, 0.2) is 0 Å². The number of aromatic nitrogens is 1. The number of fused-ring (bicyclic) bond motifs is 2. The van der Waals surface area contributed by atoms with Gasteiger partial charge in [0.25, 0.3) is 5.91 Å². The second kappa shape index (κ2) is 4.65. The molecule has 1 aromatic rings. The van der Waals surface area contributed by atoms with Gasteiger partial charge in [0.2, 0.25) is 0 Å². The maximum absolute atomic E-state index is 12.6. The summed E-state index contributed by atoms with van der Waals surface area (Å²) in [5, 5.41) is 10.1. The molecule has 2 atom stereocenters. The lowest BCUT2D eigenvalue weighted by Gasteiger charge is -2.37. The number of halogens is 1. The van der Waals surface area contributed by atoms with Crippen LogP contribution in [0.25, 0.3) is 0 Å². The quantitative estimate of drug-likeness (QED) is 0.816. The van der Waals surface area contributed by atoms with Crippen LogP contribution in [0.2, 0.25) is 5.02 Å². The molecule has 2 unspecified atom stereocenters. The molecule has 102 valence electrons. The van der Waals surface area contributed by atoms with E-state index >= 15 is 0 Å². The molecule has 5 nitrogen and oxygen atoms in total. The van der Waals surface area contributed by atoms with E-state index in [2.05, 4.69) is 4.98 Å². The predicted molar refractivity (Wildman–Crippen MR) is 71.9 cm³/mol. The molecule has 0 saturated carbocycles. The summed E-state index contributed by atoms with van der Waals surface area (Å²) in [5.74, 6) is 0.190. The number of nitrogens with two attached hydrogens (primary N) is 1. The average Bonchev–Trinajstić information content (AvgIpc) is 2.64. The Kier molecular flexibility index (Phi) is 3.11. The minimum atomic E-state index is -0.292. The SMILES string of the molecule is Nc1cc(C(=O)N2C3CCC2CC(O)C3)c(Cl)cn1. The Balaban J connectivity index is 1.90. The van der Waals surface area contributed by atoms with Crippen molar-refractivity contribution in [3.63, 3.8) is 0 Å². The summed E-state index contributed by atoms with van der Waals surface area (Å²) >= 11 is 6.04. The van der Waals surface area contributed by atoms with Crippen molar-refractivity contribution in [2.24, 2.45) is 0 Å². The summed E-state index contributed by atoms with van der Waals surface area (Å²) in [4.78, 5) is 18.4. The maximum atomic E-state index is 12.6. The van der Waals surface area contributed by atoms with Crippen LogP contribution in [-0.4, -0.2) is 39.1 Å². The first-order valence-electron chi connectivity index (χ1n) is 6.48. The number of carbonyl (C=O) groups is 1. The summed E-state index contributed by atoms with van der Waals surface area (Å²) in [6.45, 7) is 0. The Morgan fingerprint density at radius 1 is 1.42 bits per heavy atom. The first kappa shape index (κ1) is 12.7. The van der Waals surface area contributed by atoms with Gasteiger partial charge in [-0.25, -0.2) is 4.98 Å². The van der Waals surface area contributed by atoms with Gasteiger partial charge in [-0.2, -0.15) is 0 Å². The lowest BCUT2D eigenvalue weighted by atomic mass is 9.99. The van der Waals surface area contributed by atoms with E-state index in [1.807, 2.05) is 4.90 Å². The lowest BCUT2D eigenvalue weighted by Crippen LogP contribution is -2.48. The van der Waals surface area contributed by atoms with Gasteiger partial charge in [-0.1, -0.05) is 11.6 Å². The molecule has 3 N–H and O–H groups in total. The van der Waals surface area contributed by atoms with Gasteiger partial charge >= 0.3 is 0 Å². The number of aliphatic hydroxyl groups excluding tert-OH is 1. The van der Waals surface area contributed by atoms with Crippen LogP contribution >= 0.6 is 11.6 Å². The van der Waals surface area contributed by atoms with E-state index in [-0.39, 0.29) is 29.9 Å². The predicted octanol–water partition coefficient (Wildman–Crippen LogP) is 1.45. The molecular formula is C13H16ClN3O2. The molecule has 6 heteroatoms. The van der Waals surface area contributed by atoms with E-state index in [1.54, 1.807) is 0 Å². The Morgan fingerprint density at radius 2 is 2.05 bits per heavy atom. The van der Waals surface area contributed by atoms with Gasteiger partial charge in [0.1, 0.15) is 5.82 Å². The molecule has 0 aromatic carbocycles.